The first-order chi connectivity index (χ1) is 11.3. The zero-order valence-electron chi connectivity index (χ0n) is 12.8. The molecule has 5 nitrogen and oxygen atoms in total. The van der Waals surface area contributed by atoms with E-state index in [-0.39, 0.29) is 10.5 Å². The molecule has 0 amide bonds. The molecule has 1 atom stereocenters. The van der Waals surface area contributed by atoms with Gasteiger partial charge in [0.15, 0.2) is 0 Å². The normalized spacial score (nSPS) is 13.1. The van der Waals surface area contributed by atoms with Crippen LogP contribution in [0.2, 0.25) is 5.02 Å². The van der Waals surface area contributed by atoms with Gasteiger partial charge in [-0.25, -0.2) is 13.1 Å². The Morgan fingerprint density at radius 2 is 1.88 bits per heavy atom. The Kier molecular flexibility index (Phi) is 4.45. The summed E-state index contributed by atoms with van der Waals surface area (Å²) in [4.78, 5) is 14.1. The van der Waals surface area contributed by atoms with Crippen LogP contribution in [0.15, 0.2) is 64.3 Å². The van der Waals surface area contributed by atoms with Crippen LogP contribution in [0, 0.1) is 0 Å². The number of aromatic amines is 1. The molecule has 2 aromatic carbocycles. The first kappa shape index (κ1) is 16.7. The number of benzene rings is 2. The van der Waals surface area contributed by atoms with Crippen LogP contribution >= 0.6 is 11.6 Å². The topological polar surface area (TPSA) is 79.0 Å². The minimum absolute atomic E-state index is 0.135. The molecule has 124 valence electrons. The molecule has 0 saturated heterocycles. The molecule has 2 N–H and O–H groups in total. The molecule has 3 rings (SSSR count). The maximum atomic E-state index is 12.6. The number of rotatable bonds is 4. The lowest BCUT2D eigenvalue weighted by Gasteiger charge is -2.15. The summed E-state index contributed by atoms with van der Waals surface area (Å²) in [5.41, 5.74) is 1.13. The predicted octanol–water partition coefficient (Wildman–Crippen LogP) is 3.22. The average molecular weight is 363 g/mol. The van der Waals surface area contributed by atoms with Gasteiger partial charge in [0.2, 0.25) is 15.6 Å². The van der Waals surface area contributed by atoms with Crippen LogP contribution in [0.5, 0.6) is 0 Å². The van der Waals surface area contributed by atoms with Gasteiger partial charge in [0.05, 0.1) is 4.90 Å². The number of nitrogens with one attached hydrogen (secondary N) is 2. The molecule has 0 aliphatic heterocycles. The van der Waals surface area contributed by atoms with Gasteiger partial charge in [-0.05, 0) is 54.3 Å². The van der Waals surface area contributed by atoms with Gasteiger partial charge in [-0.15, -0.1) is 0 Å². The number of H-pyrrole nitrogens is 1. The lowest BCUT2D eigenvalue weighted by Crippen LogP contribution is -2.26. The summed E-state index contributed by atoms with van der Waals surface area (Å²) >= 11 is 5.95. The Balaban J connectivity index is 1.92. The van der Waals surface area contributed by atoms with Crippen molar-refractivity contribution in [1.29, 1.82) is 0 Å². The maximum absolute atomic E-state index is 12.6. The van der Waals surface area contributed by atoms with Crippen LogP contribution in [0.3, 0.4) is 0 Å². The van der Waals surface area contributed by atoms with Crippen molar-refractivity contribution in [3.8, 4) is 0 Å². The zero-order chi connectivity index (χ0) is 17.3. The van der Waals surface area contributed by atoms with Gasteiger partial charge >= 0.3 is 0 Å². The number of hydrogen-bond donors (Lipinski definition) is 2. The van der Waals surface area contributed by atoms with Gasteiger partial charge in [0.25, 0.3) is 0 Å². The lowest BCUT2D eigenvalue weighted by atomic mass is 10.1. The summed E-state index contributed by atoms with van der Waals surface area (Å²) in [7, 11) is -3.71. The summed E-state index contributed by atoms with van der Waals surface area (Å²) < 4.78 is 27.8. The summed E-state index contributed by atoms with van der Waals surface area (Å²) in [5.74, 6) is 0. The van der Waals surface area contributed by atoms with Gasteiger partial charge in [0, 0.05) is 22.6 Å². The molecular formula is C17H15ClN2O3S. The van der Waals surface area contributed by atoms with E-state index in [1.54, 1.807) is 37.3 Å². The fourth-order valence-electron chi connectivity index (χ4n) is 2.44. The highest BCUT2D eigenvalue weighted by atomic mass is 35.5. The lowest BCUT2D eigenvalue weighted by molar-refractivity contribution is 0.567. The van der Waals surface area contributed by atoms with E-state index >= 15 is 0 Å². The number of sulfonamides is 1. The highest BCUT2D eigenvalue weighted by Gasteiger charge is 2.19. The third kappa shape index (κ3) is 3.51. The molecule has 0 spiro atoms. The van der Waals surface area contributed by atoms with E-state index in [0.717, 1.165) is 5.56 Å². The highest BCUT2D eigenvalue weighted by molar-refractivity contribution is 7.89. The standard InChI is InChI=1S/C17H15ClN2O3S/c1-11(12-3-2-4-14(18)9-12)20-24(22,23)15-6-7-16-13(10-15)5-8-17(21)19-16/h2-11,20H,1H3,(H,19,21). The molecule has 1 heterocycles. The van der Waals surface area contributed by atoms with Crippen LogP contribution in [0.4, 0.5) is 0 Å². The Labute approximate surface area is 144 Å². The second kappa shape index (κ2) is 6.39. The molecular weight excluding hydrogens is 348 g/mol. The predicted molar refractivity (Wildman–Crippen MR) is 94.8 cm³/mol. The summed E-state index contributed by atoms with van der Waals surface area (Å²) in [6.45, 7) is 1.75. The Hall–Kier alpha value is -2.15. The van der Waals surface area contributed by atoms with Crippen molar-refractivity contribution in [1.82, 2.24) is 9.71 Å². The highest BCUT2D eigenvalue weighted by Crippen LogP contribution is 2.21. The van der Waals surface area contributed by atoms with E-state index in [2.05, 4.69) is 9.71 Å². The first-order valence-corrected chi connectivity index (χ1v) is 9.12. The first-order valence-electron chi connectivity index (χ1n) is 7.26. The van der Waals surface area contributed by atoms with Crippen molar-refractivity contribution in [2.45, 2.75) is 17.9 Å². The fraction of sp³-hybridized carbons (Fsp3) is 0.118. The van der Waals surface area contributed by atoms with E-state index < -0.39 is 16.1 Å². The zero-order valence-corrected chi connectivity index (χ0v) is 14.4. The number of aromatic nitrogens is 1. The van der Waals surface area contributed by atoms with Gasteiger partial charge in [0.1, 0.15) is 0 Å². The van der Waals surface area contributed by atoms with Crippen molar-refractivity contribution in [2.75, 3.05) is 0 Å². The van der Waals surface area contributed by atoms with Gasteiger partial charge < -0.3 is 4.98 Å². The smallest absolute Gasteiger partial charge is 0.248 e. The SMILES string of the molecule is CC(NS(=O)(=O)c1ccc2[nH]c(=O)ccc2c1)c1cccc(Cl)c1. The minimum atomic E-state index is -3.71. The van der Waals surface area contributed by atoms with Crippen LogP contribution < -0.4 is 10.3 Å². The van der Waals surface area contributed by atoms with Crippen molar-refractivity contribution in [3.63, 3.8) is 0 Å². The van der Waals surface area contributed by atoms with Gasteiger partial charge in [-0.3, -0.25) is 4.79 Å². The molecule has 1 unspecified atom stereocenters. The Bertz CT molecular complexity index is 1060. The number of halogens is 1. The summed E-state index contributed by atoms with van der Waals surface area (Å²) in [6.07, 6.45) is 0. The third-order valence-electron chi connectivity index (χ3n) is 3.69. The molecule has 0 aliphatic carbocycles. The van der Waals surface area contributed by atoms with Crippen LogP contribution in [0.25, 0.3) is 10.9 Å². The number of pyridine rings is 1. The van der Waals surface area contributed by atoms with E-state index in [0.29, 0.717) is 15.9 Å². The number of fused-ring (bicyclic) bond motifs is 1. The third-order valence-corrected chi connectivity index (χ3v) is 5.46. The molecule has 0 radical (unpaired) electrons. The van der Waals surface area contributed by atoms with Gasteiger partial charge in [-0.1, -0.05) is 23.7 Å². The van der Waals surface area contributed by atoms with Gasteiger partial charge in [-0.2, -0.15) is 0 Å². The summed E-state index contributed by atoms with van der Waals surface area (Å²) in [6, 6.07) is 14.1. The Morgan fingerprint density at radius 1 is 1.08 bits per heavy atom. The molecule has 0 saturated carbocycles. The fourth-order valence-corrected chi connectivity index (χ4v) is 3.91. The van der Waals surface area contributed by atoms with Crippen molar-refractivity contribution < 1.29 is 8.42 Å². The van der Waals surface area contributed by atoms with Crippen LogP contribution in [-0.2, 0) is 10.0 Å². The van der Waals surface area contributed by atoms with Crippen molar-refractivity contribution >= 4 is 32.5 Å². The second-order valence-corrected chi connectivity index (χ2v) is 7.62. The molecule has 0 aliphatic rings. The molecule has 0 fully saturated rings. The van der Waals surface area contributed by atoms with Crippen molar-refractivity contribution in [3.05, 3.63) is 75.5 Å². The monoisotopic (exact) mass is 362 g/mol. The largest absolute Gasteiger partial charge is 0.322 e. The quantitative estimate of drug-likeness (QED) is 0.747. The van der Waals surface area contributed by atoms with E-state index in [4.69, 9.17) is 11.6 Å². The summed E-state index contributed by atoms with van der Waals surface area (Å²) in [5, 5.41) is 1.20. The molecule has 7 heteroatoms. The maximum Gasteiger partial charge on any atom is 0.248 e. The second-order valence-electron chi connectivity index (χ2n) is 5.47. The molecule has 0 bridgehead atoms. The Morgan fingerprint density at radius 3 is 2.62 bits per heavy atom. The minimum Gasteiger partial charge on any atom is -0.322 e. The van der Waals surface area contributed by atoms with Crippen LogP contribution in [-0.4, -0.2) is 13.4 Å². The molecule has 24 heavy (non-hydrogen) atoms. The van der Waals surface area contributed by atoms with E-state index in [1.165, 1.54) is 18.2 Å². The molecule has 3 aromatic rings. The van der Waals surface area contributed by atoms with E-state index in [9.17, 15) is 13.2 Å². The van der Waals surface area contributed by atoms with E-state index in [1.807, 2.05) is 6.07 Å². The molecule has 1 aromatic heterocycles. The average Bonchev–Trinajstić information content (AvgIpc) is 2.53. The number of hydrogen-bond acceptors (Lipinski definition) is 3. The van der Waals surface area contributed by atoms with Crippen LogP contribution in [0.1, 0.15) is 18.5 Å². The van der Waals surface area contributed by atoms with Crippen molar-refractivity contribution in [2.24, 2.45) is 0 Å².